The van der Waals surface area contributed by atoms with Crippen molar-refractivity contribution in [2.45, 2.75) is 38.1 Å². The molecule has 0 aliphatic carbocycles. The molecule has 0 aliphatic rings. The summed E-state index contributed by atoms with van der Waals surface area (Å²) in [5, 5.41) is 6.35. The first kappa shape index (κ1) is 14.7. The zero-order valence-corrected chi connectivity index (χ0v) is 12.7. The van der Waals surface area contributed by atoms with Crippen LogP contribution in [0.15, 0.2) is 35.4 Å². The van der Waals surface area contributed by atoms with Crippen molar-refractivity contribution in [1.29, 1.82) is 0 Å². The van der Waals surface area contributed by atoms with Crippen LogP contribution in [-0.4, -0.2) is 18.6 Å². The topological polar surface area (TPSA) is 74.8 Å². The lowest BCUT2D eigenvalue weighted by Gasteiger charge is -2.08. The number of H-pyrrole nitrogens is 1. The van der Waals surface area contributed by atoms with Crippen molar-refractivity contribution in [2.24, 2.45) is 0 Å². The minimum Gasteiger partial charge on any atom is -0.281 e. The van der Waals surface area contributed by atoms with Crippen molar-refractivity contribution in [3.63, 3.8) is 0 Å². The zero-order chi connectivity index (χ0) is 14.8. The Bertz CT molecular complexity index is 673. The fourth-order valence-electron chi connectivity index (χ4n) is 1.89. The van der Waals surface area contributed by atoms with Gasteiger partial charge in [-0.2, -0.15) is 5.10 Å². The van der Waals surface area contributed by atoms with Gasteiger partial charge in [-0.25, -0.2) is 13.1 Å². The molecule has 1 aromatic carbocycles. The minimum absolute atomic E-state index is 0.191. The normalized spacial score (nSPS) is 12.0. The van der Waals surface area contributed by atoms with E-state index >= 15 is 0 Å². The molecule has 2 N–H and O–H groups in total. The first-order valence-corrected chi connectivity index (χ1v) is 7.97. The van der Waals surface area contributed by atoms with Gasteiger partial charge in [-0.3, -0.25) is 5.10 Å². The van der Waals surface area contributed by atoms with Gasteiger partial charge in [0.1, 0.15) is 4.90 Å². The molecule has 0 spiro atoms. The number of nitrogens with zero attached hydrogens (tertiary/aromatic N) is 1. The molecule has 2 aromatic rings. The Labute approximate surface area is 119 Å². The fraction of sp³-hybridized carbons (Fsp3) is 0.357. The minimum atomic E-state index is -3.52. The van der Waals surface area contributed by atoms with Crippen LogP contribution in [0.25, 0.3) is 0 Å². The van der Waals surface area contributed by atoms with E-state index in [2.05, 4.69) is 28.8 Å². The number of nitrogens with one attached hydrogen (secondary N) is 2. The summed E-state index contributed by atoms with van der Waals surface area (Å²) in [5.74, 6) is 0.467. The van der Waals surface area contributed by atoms with Crippen LogP contribution in [-0.2, 0) is 16.6 Å². The summed E-state index contributed by atoms with van der Waals surface area (Å²) in [6.45, 7) is 6.20. The molecule has 0 amide bonds. The number of hydrogen-bond acceptors (Lipinski definition) is 3. The highest BCUT2D eigenvalue weighted by Gasteiger charge is 2.17. The molecular formula is C14H19N3O2S. The predicted octanol–water partition coefficient (Wildman–Crippen LogP) is 2.32. The van der Waals surface area contributed by atoms with Crippen LogP contribution in [0.3, 0.4) is 0 Å². The van der Waals surface area contributed by atoms with Crippen LogP contribution in [0.4, 0.5) is 0 Å². The highest BCUT2D eigenvalue weighted by atomic mass is 32.2. The van der Waals surface area contributed by atoms with E-state index in [1.54, 1.807) is 6.92 Å². The molecule has 20 heavy (non-hydrogen) atoms. The van der Waals surface area contributed by atoms with Crippen LogP contribution >= 0.6 is 0 Å². The lowest BCUT2D eigenvalue weighted by atomic mass is 10.0. The maximum Gasteiger partial charge on any atom is 0.244 e. The van der Waals surface area contributed by atoms with Crippen LogP contribution in [0, 0.1) is 6.92 Å². The summed E-state index contributed by atoms with van der Waals surface area (Å²) >= 11 is 0. The Kier molecular flexibility index (Phi) is 4.25. The fourth-order valence-corrected chi connectivity index (χ4v) is 3.04. The van der Waals surface area contributed by atoms with Gasteiger partial charge < -0.3 is 0 Å². The molecule has 1 aromatic heterocycles. The Morgan fingerprint density at radius 2 is 1.90 bits per heavy atom. The van der Waals surface area contributed by atoms with Crippen molar-refractivity contribution < 1.29 is 8.42 Å². The predicted molar refractivity (Wildman–Crippen MR) is 77.9 cm³/mol. The van der Waals surface area contributed by atoms with Gasteiger partial charge >= 0.3 is 0 Å². The standard InChI is InChI=1S/C14H19N3O2S/c1-10(2)13-6-4-12(5-7-13)8-16-20(18,19)14-9-15-17-11(14)3/h4-7,9-10,16H,8H2,1-3H3,(H,15,17). The highest BCUT2D eigenvalue weighted by Crippen LogP contribution is 2.15. The molecule has 6 heteroatoms. The molecule has 5 nitrogen and oxygen atoms in total. The van der Waals surface area contributed by atoms with E-state index in [1.165, 1.54) is 11.8 Å². The number of sulfonamides is 1. The lowest BCUT2D eigenvalue weighted by Crippen LogP contribution is -2.23. The van der Waals surface area contributed by atoms with Crippen LogP contribution < -0.4 is 4.72 Å². The molecule has 0 saturated heterocycles. The summed E-state index contributed by atoms with van der Waals surface area (Å²) < 4.78 is 26.8. The van der Waals surface area contributed by atoms with Crippen molar-refractivity contribution in [3.05, 3.63) is 47.3 Å². The van der Waals surface area contributed by atoms with Gasteiger partial charge in [0, 0.05) is 6.54 Å². The lowest BCUT2D eigenvalue weighted by molar-refractivity contribution is 0.580. The van der Waals surface area contributed by atoms with E-state index in [1.807, 2.05) is 24.3 Å². The van der Waals surface area contributed by atoms with Crippen LogP contribution in [0.1, 0.15) is 36.6 Å². The van der Waals surface area contributed by atoms with Crippen molar-refractivity contribution in [3.8, 4) is 0 Å². The third-order valence-corrected chi connectivity index (χ3v) is 4.70. The van der Waals surface area contributed by atoms with Crippen molar-refractivity contribution in [1.82, 2.24) is 14.9 Å². The summed E-state index contributed by atoms with van der Waals surface area (Å²) in [7, 11) is -3.52. The highest BCUT2D eigenvalue weighted by molar-refractivity contribution is 7.89. The average molecular weight is 293 g/mol. The average Bonchev–Trinajstić information content (AvgIpc) is 2.84. The third-order valence-electron chi connectivity index (χ3n) is 3.19. The molecule has 2 rings (SSSR count). The SMILES string of the molecule is Cc1[nH]ncc1S(=O)(=O)NCc1ccc(C(C)C)cc1. The Hall–Kier alpha value is -1.66. The number of hydrogen-bond donors (Lipinski definition) is 2. The maximum atomic E-state index is 12.1. The molecule has 0 atom stereocenters. The second-order valence-corrected chi connectivity index (χ2v) is 6.82. The van der Waals surface area contributed by atoms with E-state index in [-0.39, 0.29) is 11.4 Å². The molecule has 1 heterocycles. The van der Waals surface area contributed by atoms with Gasteiger partial charge in [-0.05, 0) is 24.0 Å². The van der Waals surface area contributed by atoms with Crippen LogP contribution in [0.2, 0.25) is 0 Å². The van der Waals surface area contributed by atoms with E-state index < -0.39 is 10.0 Å². The molecule has 108 valence electrons. The van der Waals surface area contributed by atoms with E-state index in [9.17, 15) is 8.42 Å². The number of aromatic amines is 1. The van der Waals surface area contributed by atoms with Gasteiger partial charge in [0.05, 0.1) is 11.9 Å². The monoisotopic (exact) mass is 293 g/mol. The summed E-state index contributed by atoms with van der Waals surface area (Å²) in [4.78, 5) is 0.191. The molecular weight excluding hydrogens is 274 g/mol. The molecule has 0 saturated carbocycles. The van der Waals surface area contributed by atoms with Gasteiger partial charge in [-0.1, -0.05) is 38.1 Å². The maximum absolute atomic E-state index is 12.1. The summed E-state index contributed by atoms with van der Waals surface area (Å²) in [6.07, 6.45) is 1.32. The summed E-state index contributed by atoms with van der Waals surface area (Å²) in [6, 6.07) is 7.94. The number of rotatable bonds is 5. The van der Waals surface area contributed by atoms with E-state index in [0.717, 1.165) is 5.56 Å². The van der Waals surface area contributed by atoms with Crippen molar-refractivity contribution >= 4 is 10.0 Å². The molecule has 0 radical (unpaired) electrons. The Morgan fingerprint density at radius 3 is 2.40 bits per heavy atom. The Morgan fingerprint density at radius 1 is 1.25 bits per heavy atom. The van der Waals surface area contributed by atoms with Gasteiger partial charge in [0.25, 0.3) is 0 Å². The number of aromatic nitrogens is 2. The summed E-state index contributed by atoms with van der Waals surface area (Å²) in [5.41, 5.74) is 2.70. The van der Waals surface area contributed by atoms with Gasteiger partial charge in [0.2, 0.25) is 10.0 Å². The van der Waals surface area contributed by atoms with E-state index in [4.69, 9.17) is 0 Å². The van der Waals surface area contributed by atoms with E-state index in [0.29, 0.717) is 11.6 Å². The first-order chi connectivity index (χ1) is 9.40. The van der Waals surface area contributed by atoms with Gasteiger partial charge in [-0.15, -0.1) is 0 Å². The van der Waals surface area contributed by atoms with Crippen LogP contribution in [0.5, 0.6) is 0 Å². The molecule has 0 unspecified atom stereocenters. The Balaban J connectivity index is 2.07. The quantitative estimate of drug-likeness (QED) is 0.888. The molecule has 0 fully saturated rings. The first-order valence-electron chi connectivity index (χ1n) is 6.48. The number of benzene rings is 1. The number of aryl methyl sites for hydroxylation is 1. The second kappa shape index (κ2) is 5.76. The molecule has 0 bridgehead atoms. The molecule has 0 aliphatic heterocycles. The second-order valence-electron chi connectivity index (χ2n) is 5.08. The van der Waals surface area contributed by atoms with Crippen molar-refractivity contribution in [2.75, 3.05) is 0 Å². The largest absolute Gasteiger partial charge is 0.281 e. The van der Waals surface area contributed by atoms with Gasteiger partial charge in [0.15, 0.2) is 0 Å². The zero-order valence-electron chi connectivity index (χ0n) is 11.8. The smallest absolute Gasteiger partial charge is 0.244 e. The third kappa shape index (κ3) is 3.26.